The Morgan fingerprint density at radius 1 is 1.47 bits per heavy atom. The lowest BCUT2D eigenvalue weighted by atomic mass is 9.90. The van der Waals surface area contributed by atoms with Crippen LogP contribution >= 0.6 is 0 Å². The van der Waals surface area contributed by atoms with Crippen LogP contribution in [0.3, 0.4) is 0 Å². The topological polar surface area (TPSA) is 62.5 Å². The first kappa shape index (κ1) is 11.6. The summed E-state index contributed by atoms with van der Waals surface area (Å²) in [5, 5.41) is 18.4. The molecule has 1 rings (SSSR count). The van der Waals surface area contributed by atoms with Crippen LogP contribution in [0.5, 0.6) is 5.75 Å². The molecule has 1 aromatic rings. The highest BCUT2D eigenvalue weighted by molar-refractivity contribution is 5.89. The number of hydrogen-bond donors (Lipinski definition) is 2. The van der Waals surface area contributed by atoms with Crippen molar-refractivity contribution in [1.82, 2.24) is 4.57 Å². The Labute approximate surface area is 89.2 Å². The molecule has 0 radical (unpaired) electrons. The summed E-state index contributed by atoms with van der Waals surface area (Å²) in [6.07, 6.45) is 0.727. The fourth-order valence-electron chi connectivity index (χ4n) is 1.60. The number of nitrogens with zero attached hydrogens (tertiary/aromatic N) is 1. The molecule has 0 aliphatic carbocycles. The van der Waals surface area contributed by atoms with Gasteiger partial charge in [0.25, 0.3) is 0 Å². The van der Waals surface area contributed by atoms with Gasteiger partial charge >= 0.3 is 5.97 Å². The molecule has 2 N–H and O–H groups in total. The van der Waals surface area contributed by atoms with Gasteiger partial charge < -0.3 is 14.8 Å². The van der Waals surface area contributed by atoms with E-state index in [-0.39, 0.29) is 16.9 Å². The second-order valence-electron chi connectivity index (χ2n) is 4.97. The SMILES string of the molecule is Cn1c(CC(C)(C)C)cc(O)c1C(=O)O. The molecule has 0 aliphatic heterocycles. The maximum Gasteiger partial charge on any atom is 0.356 e. The van der Waals surface area contributed by atoms with Crippen molar-refractivity contribution in [2.75, 3.05) is 0 Å². The molecular formula is C11H17NO3. The first-order valence-electron chi connectivity index (χ1n) is 4.83. The third kappa shape index (κ3) is 2.52. The van der Waals surface area contributed by atoms with Crippen molar-refractivity contribution < 1.29 is 15.0 Å². The van der Waals surface area contributed by atoms with Crippen molar-refractivity contribution in [1.29, 1.82) is 0 Å². The smallest absolute Gasteiger partial charge is 0.356 e. The first-order valence-corrected chi connectivity index (χ1v) is 4.83. The molecule has 1 heterocycles. The molecule has 0 aromatic carbocycles. The lowest BCUT2D eigenvalue weighted by Gasteiger charge is -2.18. The number of carbonyl (C=O) groups is 1. The Morgan fingerprint density at radius 3 is 2.33 bits per heavy atom. The fourth-order valence-corrected chi connectivity index (χ4v) is 1.60. The Bertz CT molecular complexity index is 385. The third-order valence-electron chi connectivity index (χ3n) is 2.23. The number of aromatic hydroxyl groups is 1. The number of aromatic carboxylic acids is 1. The highest BCUT2D eigenvalue weighted by Crippen LogP contribution is 2.27. The van der Waals surface area contributed by atoms with Gasteiger partial charge in [0.1, 0.15) is 5.75 Å². The van der Waals surface area contributed by atoms with Gasteiger partial charge in [0, 0.05) is 18.8 Å². The van der Waals surface area contributed by atoms with Crippen LogP contribution in [0.4, 0.5) is 0 Å². The van der Waals surface area contributed by atoms with Gasteiger partial charge in [-0.05, 0) is 11.8 Å². The molecule has 0 aliphatic rings. The van der Waals surface area contributed by atoms with Gasteiger partial charge in [-0.15, -0.1) is 0 Å². The molecule has 0 atom stereocenters. The molecule has 0 amide bonds. The Balaban J connectivity index is 3.13. The van der Waals surface area contributed by atoms with Crippen LogP contribution in [-0.4, -0.2) is 20.7 Å². The minimum absolute atomic E-state index is 0.0470. The standard InChI is InChI=1S/C11H17NO3/c1-11(2,3)6-7-5-8(13)9(10(14)15)12(7)4/h5,13H,6H2,1-4H3,(H,14,15). The maximum atomic E-state index is 10.8. The molecule has 84 valence electrons. The van der Waals surface area contributed by atoms with Crippen LogP contribution in [-0.2, 0) is 13.5 Å². The highest BCUT2D eigenvalue weighted by Gasteiger charge is 2.21. The van der Waals surface area contributed by atoms with E-state index in [2.05, 4.69) is 20.8 Å². The van der Waals surface area contributed by atoms with Gasteiger partial charge in [-0.2, -0.15) is 0 Å². The molecule has 0 spiro atoms. The minimum atomic E-state index is -1.10. The average molecular weight is 211 g/mol. The Kier molecular flexibility index (Phi) is 2.79. The summed E-state index contributed by atoms with van der Waals surface area (Å²) in [5.74, 6) is -1.26. The monoisotopic (exact) mass is 211 g/mol. The van der Waals surface area contributed by atoms with E-state index in [1.165, 1.54) is 10.6 Å². The van der Waals surface area contributed by atoms with Gasteiger partial charge in [0.15, 0.2) is 5.69 Å². The van der Waals surface area contributed by atoms with Gasteiger partial charge in [0.2, 0.25) is 0 Å². The van der Waals surface area contributed by atoms with Gasteiger partial charge in [-0.25, -0.2) is 4.79 Å². The number of aromatic nitrogens is 1. The number of rotatable bonds is 2. The van der Waals surface area contributed by atoms with Gasteiger partial charge in [-0.1, -0.05) is 20.8 Å². The summed E-state index contributed by atoms with van der Waals surface area (Å²) in [6.45, 7) is 6.20. The van der Waals surface area contributed by atoms with Crippen molar-refractivity contribution in [3.8, 4) is 5.75 Å². The van der Waals surface area contributed by atoms with Crippen molar-refractivity contribution in [2.45, 2.75) is 27.2 Å². The molecular weight excluding hydrogens is 194 g/mol. The molecule has 0 saturated carbocycles. The Hall–Kier alpha value is -1.45. The van der Waals surface area contributed by atoms with E-state index in [1.807, 2.05) is 0 Å². The molecule has 0 bridgehead atoms. The van der Waals surface area contributed by atoms with Crippen molar-refractivity contribution in [2.24, 2.45) is 12.5 Å². The number of hydrogen-bond acceptors (Lipinski definition) is 2. The average Bonchev–Trinajstić information content (AvgIpc) is 2.23. The summed E-state index contributed by atoms with van der Waals surface area (Å²) in [5.41, 5.74) is 0.848. The summed E-state index contributed by atoms with van der Waals surface area (Å²) in [4.78, 5) is 10.8. The van der Waals surface area contributed by atoms with Gasteiger partial charge in [0.05, 0.1) is 0 Å². The minimum Gasteiger partial charge on any atom is -0.505 e. The van der Waals surface area contributed by atoms with Crippen molar-refractivity contribution in [3.63, 3.8) is 0 Å². The van der Waals surface area contributed by atoms with E-state index < -0.39 is 5.97 Å². The van der Waals surface area contributed by atoms with Crippen LogP contribution in [0, 0.1) is 5.41 Å². The molecule has 4 nitrogen and oxygen atoms in total. The third-order valence-corrected chi connectivity index (χ3v) is 2.23. The van der Waals surface area contributed by atoms with E-state index in [0.717, 1.165) is 12.1 Å². The summed E-state index contributed by atoms with van der Waals surface area (Å²) in [7, 11) is 1.66. The Morgan fingerprint density at radius 2 is 2.00 bits per heavy atom. The lowest BCUT2D eigenvalue weighted by Crippen LogP contribution is -2.14. The van der Waals surface area contributed by atoms with Crippen LogP contribution in [0.2, 0.25) is 0 Å². The van der Waals surface area contributed by atoms with Crippen LogP contribution in [0.1, 0.15) is 37.0 Å². The summed E-state index contributed by atoms with van der Waals surface area (Å²) < 4.78 is 1.53. The van der Waals surface area contributed by atoms with Crippen LogP contribution in [0.15, 0.2) is 6.07 Å². The molecule has 0 unspecified atom stereocenters. The van der Waals surface area contributed by atoms with E-state index >= 15 is 0 Å². The van der Waals surface area contributed by atoms with Crippen molar-refractivity contribution >= 4 is 5.97 Å². The maximum absolute atomic E-state index is 10.8. The predicted octanol–water partition coefficient (Wildman–Crippen LogP) is 2.02. The molecule has 1 aromatic heterocycles. The van der Waals surface area contributed by atoms with E-state index in [0.29, 0.717) is 0 Å². The van der Waals surface area contributed by atoms with E-state index in [9.17, 15) is 9.90 Å². The first-order chi connectivity index (χ1) is 6.72. The van der Waals surface area contributed by atoms with Crippen molar-refractivity contribution in [3.05, 3.63) is 17.5 Å². The number of carboxylic acids is 1. The van der Waals surface area contributed by atoms with E-state index in [4.69, 9.17) is 5.11 Å². The second-order valence-corrected chi connectivity index (χ2v) is 4.97. The highest BCUT2D eigenvalue weighted by atomic mass is 16.4. The largest absolute Gasteiger partial charge is 0.505 e. The normalized spacial score (nSPS) is 11.7. The van der Waals surface area contributed by atoms with Crippen LogP contribution < -0.4 is 0 Å². The zero-order chi connectivity index (χ0) is 11.8. The zero-order valence-electron chi connectivity index (χ0n) is 9.53. The fraction of sp³-hybridized carbons (Fsp3) is 0.545. The molecule has 0 fully saturated rings. The predicted molar refractivity (Wildman–Crippen MR) is 57.2 cm³/mol. The summed E-state index contributed by atoms with van der Waals surface area (Å²) >= 11 is 0. The van der Waals surface area contributed by atoms with E-state index in [1.54, 1.807) is 7.05 Å². The zero-order valence-corrected chi connectivity index (χ0v) is 9.53. The van der Waals surface area contributed by atoms with Crippen LogP contribution in [0.25, 0.3) is 0 Å². The summed E-state index contributed by atoms with van der Waals surface area (Å²) in [6, 6.07) is 1.52. The van der Waals surface area contributed by atoms with Gasteiger partial charge in [-0.3, -0.25) is 0 Å². The number of carboxylic acid groups (broad SMARTS) is 1. The molecule has 15 heavy (non-hydrogen) atoms. The quantitative estimate of drug-likeness (QED) is 0.786. The lowest BCUT2D eigenvalue weighted by molar-refractivity contribution is 0.0682. The molecule has 0 saturated heterocycles. The second kappa shape index (κ2) is 3.61. The molecule has 4 heteroatoms.